The Morgan fingerprint density at radius 2 is 1.35 bits per heavy atom. The predicted octanol–water partition coefficient (Wildman–Crippen LogP) is 6.19. The van der Waals surface area contributed by atoms with Crippen LogP contribution < -0.4 is 0 Å². The zero-order valence-electron chi connectivity index (χ0n) is 11.7. The molecule has 0 N–H and O–H groups in total. The molecule has 0 aliphatic carbocycles. The molecule has 0 amide bonds. The predicted molar refractivity (Wildman–Crippen MR) is 79.3 cm³/mol. The first-order valence-corrected chi connectivity index (χ1v) is 7.43. The highest BCUT2D eigenvalue weighted by atomic mass is 14.0. The van der Waals surface area contributed by atoms with Crippen LogP contribution in [0.5, 0.6) is 0 Å². The Labute approximate surface area is 109 Å². The van der Waals surface area contributed by atoms with Gasteiger partial charge in [0.2, 0.25) is 0 Å². The Kier molecular flexibility index (Phi) is 14.6. The average molecular weight is 234 g/mol. The van der Waals surface area contributed by atoms with Gasteiger partial charge in [-0.05, 0) is 25.0 Å². The third-order valence-electron chi connectivity index (χ3n) is 3.03. The lowest BCUT2D eigenvalue weighted by Crippen LogP contribution is -1.81. The van der Waals surface area contributed by atoms with Gasteiger partial charge in [0.05, 0.1) is 0 Å². The van der Waals surface area contributed by atoms with E-state index in [0.29, 0.717) is 0 Å². The fraction of sp³-hybridized carbons (Fsp3) is 0.706. The lowest BCUT2D eigenvalue weighted by Gasteiger charge is -2.00. The molecule has 0 rings (SSSR count). The first-order valence-electron chi connectivity index (χ1n) is 7.43. The van der Waals surface area contributed by atoms with Crippen LogP contribution in [0.4, 0.5) is 0 Å². The SMILES string of the molecule is C=CC=C=CCCCCCCCCCCCC. The van der Waals surface area contributed by atoms with Gasteiger partial charge in [0.1, 0.15) is 0 Å². The van der Waals surface area contributed by atoms with E-state index >= 15 is 0 Å². The molecule has 0 aliphatic rings. The van der Waals surface area contributed by atoms with Gasteiger partial charge in [0.15, 0.2) is 0 Å². The van der Waals surface area contributed by atoms with Crippen molar-refractivity contribution in [1.29, 1.82) is 0 Å². The summed E-state index contributed by atoms with van der Waals surface area (Å²) in [5, 5.41) is 0. The first-order chi connectivity index (χ1) is 8.41. The molecule has 17 heavy (non-hydrogen) atoms. The van der Waals surface area contributed by atoms with Crippen molar-refractivity contribution in [3.8, 4) is 0 Å². The molecule has 0 heteroatoms. The molecule has 0 nitrogen and oxygen atoms in total. The summed E-state index contributed by atoms with van der Waals surface area (Å²) in [5.74, 6) is 0. The van der Waals surface area contributed by atoms with Gasteiger partial charge in [-0.25, -0.2) is 0 Å². The largest absolute Gasteiger partial charge is 0.125 e. The maximum Gasteiger partial charge on any atom is -0.0209 e. The van der Waals surface area contributed by atoms with E-state index in [1.807, 2.05) is 6.08 Å². The van der Waals surface area contributed by atoms with E-state index in [1.54, 1.807) is 6.08 Å². The van der Waals surface area contributed by atoms with Gasteiger partial charge in [0.25, 0.3) is 0 Å². The fourth-order valence-corrected chi connectivity index (χ4v) is 1.95. The van der Waals surface area contributed by atoms with Crippen LogP contribution in [0.25, 0.3) is 0 Å². The van der Waals surface area contributed by atoms with E-state index < -0.39 is 0 Å². The van der Waals surface area contributed by atoms with Crippen molar-refractivity contribution < 1.29 is 0 Å². The van der Waals surface area contributed by atoms with Gasteiger partial charge < -0.3 is 0 Å². The summed E-state index contributed by atoms with van der Waals surface area (Å²) in [4.78, 5) is 0. The molecule has 0 radical (unpaired) electrons. The zero-order chi connectivity index (χ0) is 12.6. The van der Waals surface area contributed by atoms with Crippen LogP contribution in [-0.2, 0) is 0 Å². The molecule has 0 spiro atoms. The van der Waals surface area contributed by atoms with Crippen LogP contribution in [0.2, 0.25) is 0 Å². The van der Waals surface area contributed by atoms with Crippen molar-refractivity contribution in [3.05, 3.63) is 30.5 Å². The maximum atomic E-state index is 3.62. The van der Waals surface area contributed by atoms with Crippen molar-refractivity contribution in [2.75, 3.05) is 0 Å². The summed E-state index contributed by atoms with van der Waals surface area (Å²) in [6, 6.07) is 0. The number of hydrogen-bond acceptors (Lipinski definition) is 0. The Morgan fingerprint density at radius 3 is 1.88 bits per heavy atom. The van der Waals surface area contributed by atoms with Crippen LogP contribution in [-0.4, -0.2) is 0 Å². The molecule has 0 atom stereocenters. The second kappa shape index (κ2) is 15.3. The minimum atomic E-state index is 1.17. The third-order valence-corrected chi connectivity index (χ3v) is 3.03. The lowest BCUT2D eigenvalue weighted by atomic mass is 10.1. The van der Waals surface area contributed by atoms with Gasteiger partial charge in [0, 0.05) is 0 Å². The van der Waals surface area contributed by atoms with E-state index in [1.165, 1.54) is 70.6 Å². The van der Waals surface area contributed by atoms with Crippen molar-refractivity contribution in [2.45, 2.75) is 77.6 Å². The molecule has 98 valence electrons. The van der Waals surface area contributed by atoms with Gasteiger partial charge in [-0.2, -0.15) is 0 Å². The van der Waals surface area contributed by atoms with Gasteiger partial charge in [-0.1, -0.05) is 77.4 Å². The quantitative estimate of drug-likeness (QED) is 0.214. The van der Waals surface area contributed by atoms with E-state index in [2.05, 4.69) is 25.3 Å². The lowest BCUT2D eigenvalue weighted by molar-refractivity contribution is 0.557. The van der Waals surface area contributed by atoms with E-state index in [4.69, 9.17) is 0 Å². The van der Waals surface area contributed by atoms with E-state index in [9.17, 15) is 0 Å². The minimum absolute atomic E-state index is 1.17. The summed E-state index contributed by atoms with van der Waals surface area (Å²) in [5.41, 5.74) is 3.10. The molecule has 0 fully saturated rings. The number of unbranched alkanes of at least 4 members (excludes halogenated alkanes) is 10. The van der Waals surface area contributed by atoms with Crippen molar-refractivity contribution in [2.24, 2.45) is 0 Å². The fourth-order valence-electron chi connectivity index (χ4n) is 1.95. The molecule has 0 bridgehead atoms. The number of rotatable bonds is 12. The molecule has 0 heterocycles. The van der Waals surface area contributed by atoms with Crippen LogP contribution in [0, 0.1) is 0 Å². The highest BCUT2D eigenvalue weighted by Crippen LogP contribution is 2.11. The van der Waals surface area contributed by atoms with E-state index in [0.717, 1.165) is 0 Å². The van der Waals surface area contributed by atoms with Gasteiger partial charge >= 0.3 is 0 Å². The summed E-state index contributed by atoms with van der Waals surface area (Å²) in [6.07, 6.45) is 21.0. The summed E-state index contributed by atoms with van der Waals surface area (Å²) >= 11 is 0. The molecular weight excluding hydrogens is 204 g/mol. The van der Waals surface area contributed by atoms with Gasteiger partial charge in [-0.15, -0.1) is 5.73 Å². The van der Waals surface area contributed by atoms with Gasteiger partial charge in [-0.3, -0.25) is 0 Å². The maximum absolute atomic E-state index is 3.62. The molecular formula is C17H30. The topological polar surface area (TPSA) is 0 Å². The number of allylic oxidation sites excluding steroid dienone is 2. The second-order valence-corrected chi connectivity index (χ2v) is 4.74. The minimum Gasteiger partial charge on any atom is -0.125 e. The molecule has 0 saturated carbocycles. The monoisotopic (exact) mass is 234 g/mol. The summed E-state index contributed by atoms with van der Waals surface area (Å²) in [7, 11) is 0. The molecule has 0 unspecified atom stereocenters. The third kappa shape index (κ3) is 15.3. The Morgan fingerprint density at radius 1 is 0.824 bits per heavy atom. The first kappa shape index (κ1) is 16.3. The highest BCUT2D eigenvalue weighted by Gasteiger charge is 1.91. The standard InChI is InChI=1S/C17H30/c1-3-5-7-9-11-13-15-17-16-14-12-10-8-6-4-2/h3,5,9H,1,4,6,8,10-17H2,2H3. The van der Waals surface area contributed by atoms with E-state index in [-0.39, 0.29) is 0 Å². The zero-order valence-corrected chi connectivity index (χ0v) is 11.7. The molecule has 0 aromatic heterocycles. The Bertz CT molecular complexity index is 206. The molecule has 0 aliphatic heterocycles. The van der Waals surface area contributed by atoms with Crippen LogP contribution in [0.15, 0.2) is 30.5 Å². The van der Waals surface area contributed by atoms with Crippen LogP contribution in [0.3, 0.4) is 0 Å². The smallest absolute Gasteiger partial charge is 0.0209 e. The molecule has 0 saturated heterocycles. The second-order valence-electron chi connectivity index (χ2n) is 4.74. The van der Waals surface area contributed by atoms with Crippen LogP contribution in [0.1, 0.15) is 77.6 Å². The normalized spacial score (nSPS) is 9.71. The van der Waals surface area contributed by atoms with Crippen LogP contribution >= 0.6 is 0 Å². The Balaban J connectivity index is 3.03. The number of hydrogen-bond donors (Lipinski definition) is 0. The summed E-state index contributed by atoms with van der Waals surface area (Å²) in [6.45, 7) is 5.89. The summed E-state index contributed by atoms with van der Waals surface area (Å²) < 4.78 is 0. The average Bonchev–Trinajstić information content (AvgIpc) is 2.35. The molecule has 0 aromatic carbocycles. The van der Waals surface area contributed by atoms with Crippen molar-refractivity contribution in [3.63, 3.8) is 0 Å². The molecule has 0 aromatic rings. The van der Waals surface area contributed by atoms with Crippen molar-refractivity contribution in [1.82, 2.24) is 0 Å². The van der Waals surface area contributed by atoms with Crippen molar-refractivity contribution >= 4 is 0 Å². The highest BCUT2D eigenvalue weighted by molar-refractivity contribution is 4.97. The Hall–Kier alpha value is -0.740.